The Morgan fingerprint density at radius 1 is 1.67 bits per heavy atom. The Labute approximate surface area is 70.8 Å². The van der Waals surface area contributed by atoms with Gasteiger partial charge < -0.3 is 10.2 Å². The van der Waals surface area contributed by atoms with Gasteiger partial charge in [-0.15, -0.1) is 0 Å². The van der Waals surface area contributed by atoms with Crippen molar-refractivity contribution in [2.24, 2.45) is 0 Å². The van der Waals surface area contributed by atoms with E-state index in [0.717, 1.165) is 0 Å². The first kappa shape index (κ1) is 9.06. The zero-order valence-electron chi connectivity index (χ0n) is 7.37. The van der Waals surface area contributed by atoms with Gasteiger partial charge in [0.1, 0.15) is 0 Å². The number of aromatic amines is 1. The van der Waals surface area contributed by atoms with Crippen LogP contribution in [0.5, 0.6) is 0 Å². The van der Waals surface area contributed by atoms with Gasteiger partial charge in [0, 0.05) is 30.8 Å². The van der Waals surface area contributed by atoms with Crippen LogP contribution in [0.25, 0.3) is 0 Å². The summed E-state index contributed by atoms with van der Waals surface area (Å²) in [5.41, 5.74) is 0.616. The van der Waals surface area contributed by atoms with Gasteiger partial charge in [0.25, 0.3) is 5.56 Å². The van der Waals surface area contributed by atoms with E-state index in [4.69, 9.17) is 5.11 Å². The van der Waals surface area contributed by atoms with Crippen molar-refractivity contribution >= 4 is 0 Å². The molecule has 0 aliphatic rings. The summed E-state index contributed by atoms with van der Waals surface area (Å²) in [6.45, 7) is 3.88. The Bertz CT molecular complexity index is 298. The van der Waals surface area contributed by atoms with Crippen LogP contribution >= 0.6 is 0 Å². The highest BCUT2D eigenvalue weighted by molar-refractivity contribution is 5.05. The largest absolute Gasteiger partial charge is 0.396 e. The molecule has 1 heterocycles. The minimum atomic E-state index is -0.0287. The second-order valence-electron chi connectivity index (χ2n) is 3.04. The maximum Gasteiger partial charge on any atom is 0.269 e. The lowest BCUT2D eigenvalue weighted by atomic mass is 10.3. The number of aliphatic hydroxyl groups is 1. The summed E-state index contributed by atoms with van der Waals surface area (Å²) in [5.74, 6) is 0. The van der Waals surface area contributed by atoms with E-state index in [1.54, 1.807) is 10.9 Å². The van der Waals surface area contributed by atoms with Crippen molar-refractivity contribution in [2.45, 2.75) is 26.3 Å². The zero-order valence-corrected chi connectivity index (χ0v) is 7.37. The topological polar surface area (TPSA) is 58.0 Å². The number of nitrogens with zero attached hydrogens (tertiary/aromatic N) is 1. The van der Waals surface area contributed by atoms with E-state index in [0.29, 0.717) is 12.0 Å². The molecule has 0 saturated carbocycles. The van der Waals surface area contributed by atoms with Crippen LogP contribution in [0, 0.1) is 0 Å². The molecule has 0 aliphatic carbocycles. The molecule has 0 amide bonds. The number of nitrogens with one attached hydrogen (secondary N) is 1. The fourth-order valence-electron chi connectivity index (χ4n) is 1.11. The van der Waals surface area contributed by atoms with Crippen molar-refractivity contribution in [1.29, 1.82) is 0 Å². The fourth-order valence-corrected chi connectivity index (χ4v) is 1.11. The van der Waals surface area contributed by atoms with Crippen molar-refractivity contribution < 1.29 is 5.11 Å². The number of rotatable bonds is 3. The number of aromatic nitrogens is 2. The summed E-state index contributed by atoms with van der Waals surface area (Å²) in [6.07, 6.45) is 2.08. The van der Waals surface area contributed by atoms with E-state index < -0.39 is 0 Å². The number of H-pyrrole nitrogens is 1. The van der Waals surface area contributed by atoms with Crippen LogP contribution in [0.3, 0.4) is 0 Å². The lowest BCUT2D eigenvalue weighted by Gasteiger charge is -2.03. The average Bonchev–Trinajstić information content (AvgIpc) is 2.34. The lowest BCUT2D eigenvalue weighted by Crippen LogP contribution is -2.21. The number of hydrogen-bond acceptors (Lipinski definition) is 2. The molecule has 4 heteroatoms. The normalized spacial score (nSPS) is 11.0. The fraction of sp³-hybridized carbons (Fsp3) is 0.625. The van der Waals surface area contributed by atoms with Gasteiger partial charge in [0.15, 0.2) is 0 Å². The molecular formula is C8H14N2O2. The Hall–Kier alpha value is -1.03. The van der Waals surface area contributed by atoms with Gasteiger partial charge in [-0.2, -0.15) is 0 Å². The van der Waals surface area contributed by atoms with E-state index in [9.17, 15) is 4.79 Å². The van der Waals surface area contributed by atoms with E-state index in [2.05, 4.69) is 5.10 Å². The molecule has 0 atom stereocenters. The third kappa shape index (κ3) is 1.58. The van der Waals surface area contributed by atoms with Gasteiger partial charge in [-0.1, -0.05) is 0 Å². The first-order chi connectivity index (χ1) is 5.66. The number of aliphatic hydroxyl groups excluding tert-OH is 1. The van der Waals surface area contributed by atoms with E-state index in [-0.39, 0.29) is 18.2 Å². The molecule has 0 radical (unpaired) electrons. The molecule has 0 spiro atoms. The summed E-state index contributed by atoms with van der Waals surface area (Å²) in [4.78, 5) is 11.4. The Balaban J connectivity index is 2.97. The SMILES string of the molecule is CC(C)n1[nH]cc(CCO)c1=O. The van der Waals surface area contributed by atoms with Crippen LogP contribution in [-0.4, -0.2) is 21.5 Å². The molecule has 0 aromatic carbocycles. The molecule has 68 valence electrons. The zero-order chi connectivity index (χ0) is 9.14. The monoisotopic (exact) mass is 170 g/mol. The summed E-state index contributed by atoms with van der Waals surface area (Å²) < 4.78 is 1.55. The molecule has 1 aromatic heterocycles. The van der Waals surface area contributed by atoms with Crippen molar-refractivity contribution in [3.8, 4) is 0 Å². The molecular weight excluding hydrogens is 156 g/mol. The molecule has 12 heavy (non-hydrogen) atoms. The molecule has 2 N–H and O–H groups in total. The lowest BCUT2D eigenvalue weighted by molar-refractivity contribution is 0.299. The van der Waals surface area contributed by atoms with Crippen LogP contribution in [0.15, 0.2) is 11.0 Å². The minimum Gasteiger partial charge on any atom is -0.396 e. The van der Waals surface area contributed by atoms with E-state index >= 15 is 0 Å². The smallest absolute Gasteiger partial charge is 0.269 e. The van der Waals surface area contributed by atoms with Gasteiger partial charge in [-0.05, 0) is 13.8 Å². The molecule has 0 aliphatic heterocycles. The predicted molar refractivity (Wildman–Crippen MR) is 46.2 cm³/mol. The highest BCUT2D eigenvalue weighted by atomic mass is 16.3. The van der Waals surface area contributed by atoms with Crippen LogP contribution < -0.4 is 5.56 Å². The Morgan fingerprint density at radius 3 is 2.75 bits per heavy atom. The molecule has 1 rings (SSSR count). The molecule has 0 unspecified atom stereocenters. The van der Waals surface area contributed by atoms with Gasteiger partial charge >= 0.3 is 0 Å². The molecule has 0 saturated heterocycles. The Morgan fingerprint density at radius 2 is 2.33 bits per heavy atom. The van der Waals surface area contributed by atoms with Crippen LogP contribution in [0.1, 0.15) is 25.5 Å². The predicted octanol–water partition coefficient (Wildman–Crippen LogP) is 0.292. The summed E-state index contributed by atoms with van der Waals surface area (Å²) in [7, 11) is 0. The van der Waals surface area contributed by atoms with Crippen molar-refractivity contribution in [3.63, 3.8) is 0 Å². The quantitative estimate of drug-likeness (QED) is 0.685. The molecule has 0 bridgehead atoms. The van der Waals surface area contributed by atoms with E-state index in [1.807, 2.05) is 13.8 Å². The molecule has 4 nitrogen and oxygen atoms in total. The first-order valence-electron chi connectivity index (χ1n) is 4.06. The van der Waals surface area contributed by atoms with Crippen molar-refractivity contribution in [1.82, 2.24) is 9.78 Å². The second-order valence-corrected chi connectivity index (χ2v) is 3.04. The molecule has 1 aromatic rings. The molecule has 0 fully saturated rings. The van der Waals surface area contributed by atoms with Gasteiger partial charge in [-0.25, -0.2) is 0 Å². The maximum atomic E-state index is 11.4. The van der Waals surface area contributed by atoms with Gasteiger partial charge in [0.2, 0.25) is 0 Å². The van der Waals surface area contributed by atoms with Crippen molar-refractivity contribution in [2.75, 3.05) is 6.61 Å². The van der Waals surface area contributed by atoms with Gasteiger partial charge in [0.05, 0.1) is 0 Å². The third-order valence-corrected chi connectivity index (χ3v) is 1.77. The van der Waals surface area contributed by atoms with Crippen LogP contribution in [0.4, 0.5) is 0 Å². The van der Waals surface area contributed by atoms with E-state index in [1.165, 1.54) is 0 Å². The van der Waals surface area contributed by atoms with Crippen LogP contribution in [0.2, 0.25) is 0 Å². The maximum absolute atomic E-state index is 11.4. The minimum absolute atomic E-state index is 0.0190. The first-order valence-corrected chi connectivity index (χ1v) is 4.06. The summed E-state index contributed by atoms with van der Waals surface area (Å²) >= 11 is 0. The highest BCUT2D eigenvalue weighted by Gasteiger charge is 2.06. The van der Waals surface area contributed by atoms with Gasteiger partial charge in [-0.3, -0.25) is 9.48 Å². The highest BCUT2D eigenvalue weighted by Crippen LogP contribution is 1.98. The standard InChI is InChI=1S/C8H14N2O2/c1-6(2)10-8(12)7(3-4-11)5-9-10/h5-6,9,11H,3-4H2,1-2H3. The second kappa shape index (κ2) is 3.58. The number of hydrogen-bond donors (Lipinski definition) is 2. The van der Waals surface area contributed by atoms with Crippen LogP contribution in [-0.2, 0) is 6.42 Å². The average molecular weight is 170 g/mol. The summed E-state index contributed by atoms with van der Waals surface area (Å²) in [6, 6.07) is 0.143. The van der Waals surface area contributed by atoms with Crippen molar-refractivity contribution in [3.05, 3.63) is 22.1 Å². The summed E-state index contributed by atoms with van der Waals surface area (Å²) in [5, 5.41) is 11.5. The third-order valence-electron chi connectivity index (χ3n) is 1.77. The Kier molecular flexibility index (Phi) is 2.70.